The molecule has 0 radical (unpaired) electrons. The van der Waals surface area contributed by atoms with Gasteiger partial charge in [-0.25, -0.2) is 9.97 Å². The van der Waals surface area contributed by atoms with Crippen molar-refractivity contribution < 1.29 is 4.21 Å². The summed E-state index contributed by atoms with van der Waals surface area (Å²) in [4.78, 5) is 8.10. The first-order valence-electron chi connectivity index (χ1n) is 4.96. The number of halogens is 1. The van der Waals surface area contributed by atoms with Crippen molar-refractivity contribution in [1.82, 2.24) is 9.97 Å². The second kappa shape index (κ2) is 6.15. The van der Waals surface area contributed by atoms with E-state index in [-0.39, 0.29) is 5.16 Å². The lowest BCUT2D eigenvalue weighted by molar-refractivity contribution is 0.679. The van der Waals surface area contributed by atoms with Gasteiger partial charge in [-0.05, 0) is 22.4 Å². The predicted octanol–water partition coefficient (Wildman–Crippen LogP) is 1.77. The van der Waals surface area contributed by atoms with Gasteiger partial charge in [0.2, 0.25) is 5.16 Å². The molecule has 1 atom stereocenters. The Morgan fingerprint density at radius 3 is 2.75 bits per heavy atom. The fraction of sp³-hybridized carbons (Fsp3) is 0.556. The second-order valence-corrected chi connectivity index (χ2v) is 5.35. The normalized spacial score (nSPS) is 12.4. The highest BCUT2D eigenvalue weighted by Gasteiger charge is 2.11. The molecule has 3 N–H and O–H groups in total. The van der Waals surface area contributed by atoms with Crippen molar-refractivity contribution in [3.8, 4) is 0 Å². The minimum Gasteiger partial charge on any atom is -0.383 e. The van der Waals surface area contributed by atoms with E-state index in [0.717, 1.165) is 19.4 Å². The summed E-state index contributed by atoms with van der Waals surface area (Å²) in [6.45, 7) is 2.92. The lowest BCUT2D eigenvalue weighted by Crippen LogP contribution is -2.09. The van der Waals surface area contributed by atoms with Gasteiger partial charge in [0.25, 0.3) is 0 Å². The van der Waals surface area contributed by atoms with Gasteiger partial charge in [-0.15, -0.1) is 0 Å². The van der Waals surface area contributed by atoms with Gasteiger partial charge < -0.3 is 11.1 Å². The van der Waals surface area contributed by atoms with E-state index in [4.69, 9.17) is 5.73 Å². The molecule has 7 heteroatoms. The first-order chi connectivity index (χ1) is 7.56. The Bertz CT molecular complexity index is 399. The molecule has 0 fully saturated rings. The Kier molecular flexibility index (Phi) is 5.14. The van der Waals surface area contributed by atoms with Crippen molar-refractivity contribution in [1.29, 1.82) is 0 Å². The lowest BCUT2D eigenvalue weighted by Gasteiger charge is -2.09. The molecule has 1 unspecified atom stereocenters. The SMILES string of the molecule is CCCCNc1nc(S(C)=O)nc(N)c1Br. The Balaban J connectivity index is 2.93. The summed E-state index contributed by atoms with van der Waals surface area (Å²) < 4.78 is 11.9. The van der Waals surface area contributed by atoms with Gasteiger partial charge in [0.05, 0.1) is 10.8 Å². The van der Waals surface area contributed by atoms with Crippen LogP contribution < -0.4 is 11.1 Å². The zero-order chi connectivity index (χ0) is 12.1. The number of unbranched alkanes of at least 4 members (excludes halogenated alkanes) is 1. The number of aromatic nitrogens is 2. The molecule has 0 saturated heterocycles. The van der Waals surface area contributed by atoms with Gasteiger partial charge in [0.1, 0.15) is 16.1 Å². The molecule has 5 nitrogen and oxygen atoms in total. The van der Waals surface area contributed by atoms with Gasteiger partial charge in [0.15, 0.2) is 0 Å². The van der Waals surface area contributed by atoms with Crippen LogP contribution in [0.25, 0.3) is 0 Å². The number of nitrogens with one attached hydrogen (secondary N) is 1. The minimum absolute atomic E-state index is 0.250. The van der Waals surface area contributed by atoms with Crippen molar-refractivity contribution in [3.63, 3.8) is 0 Å². The van der Waals surface area contributed by atoms with Crippen molar-refractivity contribution in [3.05, 3.63) is 4.47 Å². The molecule has 0 amide bonds. The molecule has 90 valence electrons. The largest absolute Gasteiger partial charge is 0.383 e. The van der Waals surface area contributed by atoms with E-state index < -0.39 is 10.8 Å². The smallest absolute Gasteiger partial charge is 0.222 e. The number of hydrogen-bond donors (Lipinski definition) is 2. The number of nitrogens with zero attached hydrogens (tertiary/aromatic N) is 2. The van der Waals surface area contributed by atoms with Crippen LogP contribution >= 0.6 is 15.9 Å². The summed E-state index contributed by atoms with van der Waals surface area (Å²) in [6, 6.07) is 0. The minimum atomic E-state index is -1.23. The monoisotopic (exact) mass is 306 g/mol. The van der Waals surface area contributed by atoms with E-state index in [1.54, 1.807) is 0 Å². The Hall–Kier alpha value is -0.690. The van der Waals surface area contributed by atoms with Gasteiger partial charge >= 0.3 is 0 Å². The third-order valence-electron chi connectivity index (χ3n) is 1.94. The molecule has 0 spiro atoms. The molecule has 1 rings (SSSR count). The quantitative estimate of drug-likeness (QED) is 0.640. The molecule has 0 aliphatic heterocycles. The number of nitrogens with two attached hydrogens (primary N) is 1. The molecule has 0 aliphatic carbocycles. The summed E-state index contributed by atoms with van der Waals surface area (Å²) >= 11 is 3.30. The number of hydrogen-bond acceptors (Lipinski definition) is 5. The van der Waals surface area contributed by atoms with E-state index in [9.17, 15) is 4.21 Å². The lowest BCUT2D eigenvalue weighted by atomic mass is 10.3. The molecule has 0 aromatic carbocycles. The highest BCUT2D eigenvalue weighted by molar-refractivity contribution is 9.10. The maximum Gasteiger partial charge on any atom is 0.222 e. The average molecular weight is 307 g/mol. The second-order valence-electron chi connectivity index (χ2n) is 3.29. The molecule has 1 aromatic heterocycles. The van der Waals surface area contributed by atoms with Crippen LogP contribution in [0.3, 0.4) is 0 Å². The Morgan fingerprint density at radius 2 is 2.19 bits per heavy atom. The summed E-state index contributed by atoms with van der Waals surface area (Å²) in [7, 11) is -1.23. The van der Waals surface area contributed by atoms with Crippen molar-refractivity contribution >= 4 is 38.4 Å². The highest BCUT2D eigenvalue weighted by atomic mass is 79.9. The zero-order valence-electron chi connectivity index (χ0n) is 9.29. The average Bonchev–Trinajstić information content (AvgIpc) is 2.24. The molecule has 0 saturated carbocycles. The van der Waals surface area contributed by atoms with Crippen molar-refractivity contribution in [2.75, 3.05) is 23.9 Å². The van der Waals surface area contributed by atoms with Gasteiger partial charge in [-0.1, -0.05) is 13.3 Å². The van der Waals surface area contributed by atoms with Crippen molar-refractivity contribution in [2.45, 2.75) is 24.9 Å². The predicted molar refractivity (Wildman–Crippen MR) is 69.9 cm³/mol. The van der Waals surface area contributed by atoms with Crippen LogP contribution in [0.1, 0.15) is 19.8 Å². The molecular formula is C9H15BrN4OS. The first-order valence-corrected chi connectivity index (χ1v) is 7.31. The third-order valence-corrected chi connectivity index (χ3v) is 3.41. The summed E-state index contributed by atoms with van der Waals surface area (Å²) in [6.07, 6.45) is 3.66. The maximum absolute atomic E-state index is 11.3. The molecular weight excluding hydrogens is 292 g/mol. The van der Waals surface area contributed by atoms with E-state index in [0.29, 0.717) is 16.1 Å². The Labute approximate surface area is 106 Å². The molecule has 0 bridgehead atoms. The van der Waals surface area contributed by atoms with E-state index in [1.807, 2.05) is 0 Å². The van der Waals surface area contributed by atoms with Gasteiger partial charge in [-0.2, -0.15) is 0 Å². The topological polar surface area (TPSA) is 80.9 Å². The van der Waals surface area contributed by atoms with E-state index in [2.05, 4.69) is 38.1 Å². The van der Waals surface area contributed by atoms with Crippen molar-refractivity contribution in [2.24, 2.45) is 0 Å². The number of rotatable bonds is 5. The number of nitrogen functional groups attached to an aromatic ring is 1. The van der Waals surface area contributed by atoms with Crippen LogP contribution in [0.15, 0.2) is 9.63 Å². The van der Waals surface area contributed by atoms with E-state index in [1.165, 1.54) is 6.26 Å². The van der Waals surface area contributed by atoms with Gasteiger partial charge in [0, 0.05) is 12.8 Å². The zero-order valence-corrected chi connectivity index (χ0v) is 11.7. The molecule has 16 heavy (non-hydrogen) atoms. The summed E-state index contributed by atoms with van der Waals surface area (Å²) in [5.74, 6) is 0.908. The fourth-order valence-corrected chi connectivity index (χ4v) is 1.84. The molecule has 1 heterocycles. The van der Waals surface area contributed by atoms with Crippen LogP contribution in [0, 0.1) is 0 Å². The fourth-order valence-electron chi connectivity index (χ4n) is 1.07. The van der Waals surface area contributed by atoms with Crippen LogP contribution in [-0.4, -0.2) is 27.0 Å². The van der Waals surface area contributed by atoms with Gasteiger partial charge in [-0.3, -0.25) is 4.21 Å². The van der Waals surface area contributed by atoms with Crippen LogP contribution in [-0.2, 0) is 10.8 Å². The summed E-state index contributed by atoms with van der Waals surface area (Å²) in [5.41, 5.74) is 5.69. The van der Waals surface area contributed by atoms with Crippen LogP contribution in [0.2, 0.25) is 0 Å². The van der Waals surface area contributed by atoms with Crippen LogP contribution in [0.4, 0.5) is 11.6 Å². The Morgan fingerprint density at radius 1 is 1.50 bits per heavy atom. The summed E-state index contributed by atoms with van der Waals surface area (Å²) in [5, 5.41) is 3.39. The first kappa shape index (κ1) is 13.4. The van der Waals surface area contributed by atoms with E-state index >= 15 is 0 Å². The maximum atomic E-state index is 11.3. The number of anilines is 2. The van der Waals surface area contributed by atoms with Crippen LogP contribution in [0.5, 0.6) is 0 Å². The third kappa shape index (κ3) is 3.41. The standard InChI is InChI=1S/C9H15BrN4OS/c1-3-4-5-12-8-6(10)7(11)13-9(14-8)16(2)15/h3-5H2,1-2H3,(H3,11,12,13,14). The molecule has 0 aliphatic rings. The molecule has 1 aromatic rings. The highest BCUT2D eigenvalue weighted by Crippen LogP contribution is 2.25.